The molecule has 17 nitrogen and oxygen atoms in total. The zero-order valence-corrected chi connectivity index (χ0v) is 61.4. The van der Waals surface area contributed by atoms with Crippen LogP contribution in [0.15, 0.2) is 60.8 Å². The molecule has 0 saturated carbocycles. The van der Waals surface area contributed by atoms with Crippen molar-refractivity contribution in [3.8, 4) is 0 Å². The minimum atomic E-state index is -4.96. The average molecular weight is 1370 g/mol. The van der Waals surface area contributed by atoms with Crippen molar-refractivity contribution < 1.29 is 80.2 Å². The number of phosphoric acid groups is 2. The summed E-state index contributed by atoms with van der Waals surface area (Å²) in [5.74, 6) is -2.17. The van der Waals surface area contributed by atoms with Crippen molar-refractivity contribution in [1.29, 1.82) is 0 Å². The lowest BCUT2D eigenvalue weighted by Crippen LogP contribution is -2.30. The molecule has 0 fully saturated rings. The Morgan fingerprint density at radius 3 is 0.872 bits per heavy atom. The van der Waals surface area contributed by atoms with Crippen LogP contribution >= 0.6 is 15.6 Å². The van der Waals surface area contributed by atoms with Gasteiger partial charge in [-0.25, -0.2) is 9.13 Å². The molecule has 0 radical (unpaired) electrons. The number of unbranched alkanes of at least 4 members (excludes halogenated alkanes) is 35. The number of ether oxygens (including phenoxy) is 4. The van der Waals surface area contributed by atoms with E-state index in [9.17, 15) is 43.2 Å². The van der Waals surface area contributed by atoms with Crippen molar-refractivity contribution in [3.05, 3.63) is 60.8 Å². The molecule has 0 spiro atoms. The van der Waals surface area contributed by atoms with E-state index in [-0.39, 0.29) is 25.7 Å². The Labute approximate surface area is 571 Å². The molecule has 0 heterocycles. The molecule has 5 unspecified atom stereocenters. The summed E-state index contributed by atoms with van der Waals surface area (Å²) in [6.07, 6.45) is 65.0. The first kappa shape index (κ1) is 90.8. The summed E-state index contributed by atoms with van der Waals surface area (Å²) in [4.78, 5) is 72.7. The molecule has 0 saturated heterocycles. The minimum absolute atomic E-state index is 0.0980. The largest absolute Gasteiger partial charge is 0.472 e. The lowest BCUT2D eigenvalue weighted by atomic mass is 10.1. The molecule has 0 aliphatic heterocycles. The number of phosphoric ester groups is 2. The van der Waals surface area contributed by atoms with Crippen molar-refractivity contribution in [2.24, 2.45) is 0 Å². The summed E-state index contributed by atoms with van der Waals surface area (Å²) < 4.78 is 68.3. The highest BCUT2D eigenvalue weighted by molar-refractivity contribution is 7.47. The maximum Gasteiger partial charge on any atom is 0.472 e. The van der Waals surface area contributed by atoms with Crippen molar-refractivity contribution in [3.63, 3.8) is 0 Å². The maximum absolute atomic E-state index is 13.0. The van der Waals surface area contributed by atoms with Gasteiger partial charge in [-0.3, -0.25) is 37.3 Å². The summed E-state index contributed by atoms with van der Waals surface area (Å²) in [5.41, 5.74) is 0. The molecule has 0 aliphatic carbocycles. The second-order valence-electron chi connectivity index (χ2n) is 25.2. The van der Waals surface area contributed by atoms with Crippen LogP contribution in [0.1, 0.15) is 336 Å². The molecule has 0 aliphatic rings. The van der Waals surface area contributed by atoms with Gasteiger partial charge in [-0.15, -0.1) is 0 Å². The molecule has 0 aromatic rings. The van der Waals surface area contributed by atoms with Gasteiger partial charge in [0.1, 0.15) is 19.3 Å². The fraction of sp³-hybridized carbons (Fsp3) is 0.813. The van der Waals surface area contributed by atoms with Gasteiger partial charge in [0.15, 0.2) is 12.2 Å². The van der Waals surface area contributed by atoms with Crippen LogP contribution in [0, 0.1) is 0 Å². The van der Waals surface area contributed by atoms with Crippen molar-refractivity contribution in [2.45, 2.75) is 354 Å². The standard InChI is InChI=1S/C75H136O17P2/c1-5-9-13-17-21-25-29-31-33-34-36-38-42-44-48-52-56-60-73(78)86-66-71(92-75(80)62-58-54-50-46-40-28-24-20-16-12-8-4)68-90-94(83,84)88-64-69(76)63-87-93(81,82)89-67-70(91-74(79)61-57-53-49-45-39-27-23-19-15-11-7-3)65-85-72(77)59-55-51-47-43-41-37-35-32-30-26-22-18-14-10-6-2/h9,13,21-22,25-26,31-33,35,69-71,76H,5-8,10-12,14-20,23-24,27-30,34,36-68H2,1-4H3,(H,81,82)(H,83,84)/b13-9-,25-21-,26-22-,33-31-,35-32-. The predicted molar refractivity (Wildman–Crippen MR) is 381 cm³/mol. The van der Waals surface area contributed by atoms with Crippen LogP contribution in [0.25, 0.3) is 0 Å². The topological polar surface area (TPSA) is 237 Å². The highest BCUT2D eigenvalue weighted by Crippen LogP contribution is 2.45. The summed E-state index contributed by atoms with van der Waals surface area (Å²) in [5, 5.41) is 10.6. The molecule has 0 amide bonds. The minimum Gasteiger partial charge on any atom is -0.462 e. The normalized spacial score (nSPS) is 14.3. The van der Waals surface area contributed by atoms with Crippen molar-refractivity contribution >= 4 is 39.5 Å². The Kier molecular flexibility index (Phi) is 65.9. The molecular weight excluding hydrogens is 1230 g/mol. The smallest absolute Gasteiger partial charge is 0.462 e. The van der Waals surface area contributed by atoms with Gasteiger partial charge in [0.2, 0.25) is 0 Å². The molecule has 0 bridgehead atoms. The van der Waals surface area contributed by atoms with Crippen LogP contribution in [0.5, 0.6) is 0 Å². The number of hydrogen-bond acceptors (Lipinski definition) is 15. The van der Waals surface area contributed by atoms with Gasteiger partial charge in [0, 0.05) is 25.7 Å². The Morgan fingerprint density at radius 2 is 0.553 bits per heavy atom. The molecule has 19 heteroatoms. The lowest BCUT2D eigenvalue weighted by Gasteiger charge is -2.21. The first-order valence-corrected chi connectivity index (χ1v) is 40.5. The fourth-order valence-electron chi connectivity index (χ4n) is 10.3. The Balaban J connectivity index is 5.27. The molecule has 0 aromatic carbocycles. The second-order valence-corrected chi connectivity index (χ2v) is 28.1. The van der Waals surface area contributed by atoms with E-state index in [4.69, 9.17) is 37.0 Å². The first-order chi connectivity index (χ1) is 45.7. The van der Waals surface area contributed by atoms with Crippen LogP contribution in [0.2, 0.25) is 0 Å². The summed E-state index contributed by atoms with van der Waals surface area (Å²) in [6, 6.07) is 0. The average Bonchev–Trinajstić information content (AvgIpc) is 1.32. The molecule has 5 atom stereocenters. The number of hydrogen-bond donors (Lipinski definition) is 3. The van der Waals surface area contributed by atoms with Gasteiger partial charge >= 0.3 is 39.5 Å². The first-order valence-electron chi connectivity index (χ1n) is 37.5. The van der Waals surface area contributed by atoms with E-state index in [2.05, 4.69) is 88.5 Å². The summed E-state index contributed by atoms with van der Waals surface area (Å²) in [6.45, 7) is 4.74. The van der Waals surface area contributed by atoms with E-state index in [0.717, 1.165) is 161 Å². The Hall–Kier alpha value is -3.24. The highest BCUT2D eigenvalue weighted by atomic mass is 31.2. The van der Waals surface area contributed by atoms with Crippen LogP contribution < -0.4 is 0 Å². The van der Waals surface area contributed by atoms with Gasteiger partial charge in [-0.05, 0) is 89.9 Å². The van der Waals surface area contributed by atoms with Crippen molar-refractivity contribution in [2.75, 3.05) is 39.6 Å². The van der Waals surface area contributed by atoms with E-state index >= 15 is 0 Å². The van der Waals surface area contributed by atoms with Gasteiger partial charge in [0.05, 0.1) is 26.4 Å². The molecular formula is C75H136O17P2. The van der Waals surface area contributed by atoms with Gasteiger partial charge < -0.3 is 33.8 Å². The quantitative estimate of drug-likeness (QED) is 0.0169. The monoisotopic (exact) mass is 1370 g/mol. The summed E-state index contributed by atoms with van der Waals surface area (Å²) >= 11 is 0. The molecule has 0 rings (SSSR count). The number of esters is 4. The zero-order valence-electron chi connectivity index (χ0n) is 59.6. The third kappa shape index (κ3) is 67.3. The molecule has 548 valence electrons. The van der Waals surface area contributed by atoms with E-state index in [1.54, 1.807) is 0 Å². The van der Waals surface area contributed by atoms with Gasteiger partial charge in [0.25, 0.3) is 0 Å². The van der Waals surface area contributed by atoms with E-state index < -0.39 is 97.5 Å². The lowest BCUT2D eigenvalue weighted by molar-refractivity contribution is -0.161. The third-order valence-corrected chi connectivity index (χ3v) is 17.9. The van der Waals surface area contributed by atoms with Crippen LogP contribution in [-0.4, -0.2) is 96.7 Å². The van der Waals surface area contributed by atoms with Crippen LogP contribution in [0.3, 0.4) is 0 Å². The fourth-order valence-corrected chi connectivity index (χ4v) is 11.8. The number of aliphatic hydroxyl groups is 1. The van der Waals surface area contributed by atoms with E-state index in [1.165, 1.54) is 96.3 Å². The van der Waals surface area contributed by atoms with E-state index in [1.807, 2.05) is 0 Å². The number of carbonyl (C=O) groups is 4. The van der Waals surface area contributed by atoms with Crippen molar-refractivity contribution in [1.82, 2.24) is 0 Å². The van der Waals surface area contributed by atoms with Crippen LogP contribution in [-0.2, 0) is 65.4 Å². The van der Waals surface area contributed by atoms with Gasteiger partial charge in [-0.1, -0.05) is 281 Å². The van der Waals surface area contributed by atoms with E-state index in [0.29, 0.717) is 25.7 Å². The molecule has 3 N–H and O–H groups in total. The summed E-state index contributed by atoms with van der Waals surface area (Å²) in [7, 11) is -9.93. The third-order valence-electron chi connectivity index (χ3n) is 16.0. The number of carbonyl (C=O) groups excluding carboxylic acids is 4. The SMILES string of the molecule is CC/C=C\C/C=C\C/C=C\CCCCCCCCCC(=O)OCC(COP(=O)(O)OCC(O)COP(=O)(O)OCC(COC(=O)CCCCCCC/C=C\C/C=C\CCCCC)OC(=O)CCCCCCCCCCCCC)OC(=O)CCCCCCCCCCCCC. The second kappa shape index (κ2) is 68.3. The number of rotatable bonds is 71. The Morgan fingerprint density at radius 1 is 0.309 bits per heavy atom. The highest BCUT2D eigenvalue weighted by Gasteiger charge is 2.30. The maximum atomic E-state index is 13.0. The zero-order chi connectivity index (χ0) is 69.0. The number of allylic oxidation sites excluding steroid dienone is 10. The molecule has 94 heavy (non-hydrogen) atoms. The Bertz CT molecular complexity index is 2030. The van der Waals surface area contributed by atoms with Crippen LogP contribution in [0.4, 0.5) is 0 Å². The molecule has 0 aromatic heterocycles. The van der Waals surface area contributed by atoms with Gasteiger partial charge in [-0.2, -0.15) is 0 Å². The number of aliphatic hydroxyl groups excluding tert-OH is 1. The predicted octanol–water partition coefficient (Wildman–Crippen LogP) is 21.1.